The number of aromatic nitrogens is 3. The van der Waals surface area contributed by atoms with Crippen LogP contribution in [0, 0.1) is 0 Å². The SMILES string of the molecule is CC(C)n1cnnc1-c1cccc(Nc2cccc3c2CCC(=O)O3)c1. The molecule has 0 saturated carbocycles. The van der Waals surface area contributed by atoms with Crippen molar-refractivity contribution in [2.75, 3.05) is 5.32 Å². The molecule has 0 bridgehead atoms. The zero-order valence-electron chi connectivity index (χ0n) is 14.8. The third-order valence-electron chi connectivity index (χ3n) is 4.47. The lowest BCUT2D eigenvalue weighted by Gasteiger charge is -2.19. The van der Waals surface area contributed by atoms with E-state index in [1.165, 1.54) is 0 Å². The zero-order chi connectivity index (χ0) is 18.1. The van der Waals surface area contributed by atoms with Gasteiger partial charge in [-0.05, 0) is 44.5 Å². The highest BCUT2D eigenvalue weighted by Crippen LogP contribution is 2.34. The molecular formula is C20H20N4O2. The fourth-order valence-corrected chi connectivity index (χ4v) is 3.16. The first kappa shape index (κ1) is 16.3. The fourth-order valence-electron chi connectivity index (χ4n) is 3.16. The molecule has 132 valence electrons. The third kappa shape index (κ3) is 3.06. The number of anilines is 2. The molecular weight excluding hydrogens is 328 g/mol. The molecule has 0 aliphatic carbocycles. The van der Waals surface area contributed by atoms with Crippen molar-refractivity contribution < 1.29 is 9.53 Å². The Balaban J connectivity index is 1.66. The van der Waals surface area contributed by atoms with Crippen molar-refractivity contribution in [3.05, 3.63) is 54.4 Å². The first-order valence-corrected chi connectivity index (χ1v) is 8.71. The molecule has 0 fully saturated rings. The topological polar surface area (TPSA) is 69.0 Å². The van der Waals surface area contributed by atoms with Crippen LogP contribution >= 0.6 is 0 Å². The van der Waals surface area contributed by atoms with Crippen LogP contribution in [0.3, 0.4) is 0 Å². The number of carbonyl (C=O) groups excluding carboxylic acids is 1. The maximum absolute atomic E-state index is 11.5. The number of benzene rings is 2. The minimum Gasteiger partial charge on any atom is -0.426 e. The molecule has 0 amide bonds. The van der Waals surface area contributed by atoms with Crippen molar-refractivity contribution in [3.63, 3.8) is 0 Å². The molecule has 1 N–H and O–H groups in total. The van der Waals surface area contributed by atoms with Crippen molar-refractivity contribution in [2.24, 2.45) is 0 Å². The summed E-state index contributed by atoms with van der Waals surface area (Å²) in [5.41, 5.74) is 3.93. The number of nitrogens with one attached hydrogen (secondary N) is 1. The maximum atomic E-state index is 11.5. The van der Waals surface area contributed by atoms with Crippen molar-refractivity contribution in [3.8, 4) is 17.1 Å². The summed E-state index contributed by atoms with van der Waals surface area (Å²) in [7, 11) is 0. The van der Waals surface area contributed by atoms with Crippen LogP contribution in [0.25, 0.3) is 11.4 Å². The lowest BCUT2D eigenvalue weighted by atomic mass is 10.0. The van der Waals surface area contributed by atoms with E-state index in [0.717, 1.165) is 28.3 Å². The van der Waals surface area contributed by atoms with Crippen LogP contribution < -0.4 is 10.1 Å². The second-order valence-electron chi connectivity index (χ2n) is 6.62. The molecule has 26 heavy (non-hydrogen) atoms. The van der Waals surface area contributed by atoms with Crippen molar-refractivity contribution in [2.45, 2.75) is 32.7 Å². The van der Waals surface area contributed by atoms with Gasteiger partial charge in [-0.3, -0.25) is 4.79 Å². The molecule has 6 nitrogen and oxygen atoms in total. The standard InChI is InChI=1S/C20H20N4O2/c1-13(2)24-12-21-23-20(24)14-5-3-6-15(11-14)22-17-7-4-8-18-16(17)9-10-19(25)26-18/h3-8,11-13,22H,9-10H2,1-2H3. The lowest BCUT2D eigenvalue weighted by Crippen LogP contribution is -2.16. The van der Waals surface area contributed by atoms with E-state index in [1.807, 2.05) is 41.0 Å². The van der Waals surface area contributed by atoms with E-state index >= 15 is 0 Å². The summed E-state index contributed by atoms with van der Waals surface area (Å²) in [5.74, 6) is 1.30. The Hall–Kier alpha value is -3.15. The normalized spacial score (nSPS) is 13.4. The minimum atomic E-state index is -0.176. The molecule has 0 unspecified atom stereocenters. The van der Waals surface area contributed by atoms with Gasteiger partial charge in [0, 0.05) is 28.5 Å². The summed E-state index contributed by atoms with van der Waals surface area (Å²) >= 11 is 0. The first-order valence-electron chi connectivity index (χ1n) is 8.71. The highest BCUT2D eigenvalue weighted by atomic mass is 16.5. The largest absolute Gasteiger partial charge is 0.426 e. The van der Waals surface area contributed by atoms with E-state index in [-0.39, 0.29) is 12.0 Å². The number of esters is 1. The summed E-state index contributed by atoms with van der Waals surface area (Å²) < 4.78 is 7.38. The van der Waals surface area contributed by atoms with E-state index in [9.17, 15) is 4.79 Å². The fraction of sp³-hybridized carbons (Fsp3) is 0.250. The van der Waals surface area contributed by atoms with Crippen LogP contribution in [0.4, 0.5) is 11.4 Å². The summed E-state index contributed by atoms with van der Waals surface area (Å²) in [6.07, 6.45) is 2.84. The molecule has 1 aliphatic rings. The van der Waals surface area contributed by atoms with Gasteiger partial charge in [-0.25, -0.2) is 0 Å². The van der Waals surface area contributed by atoms with Gasteiger partial charge in [-0.1, -0.05) is 18.2 Å². The Morgan fingerprint density at radius 3 is 2.85 bits per heavy atom. The molecule has 6 heteroatoms. The molecule has 0 atom stereocenters. The van der Waals surface area contributed by atoms with Gasteiger partial charge < -0.3 is 14.6 Å². The third-order valence-corrected chi connectivity index (χ3v) is 4.47. The molecule has 2 aromatic carbocycles. The minimum absolute atomic E-state index is 0.176. The predicted molar refractivity (Wildman–Crippen MR) is 99.5 cm³/mol. The van der Waals surface area contributed by atoms with Crippen molar-refractivity contribution in [1.82, 2.24) is 14.8 Å². The molecule has 1 aromatic heterocycles. The Morgan fingerprint density at radius 2 is 2.00 bits per heavy atom. The van der Waals surface area contributed by atoms with Gasteiger partial charge in [0.05, 0.1) is 6.42 Å². The highest BCUT2D eigenvalue weighted by Gasteiger charge is 2.20. The van der Waals surface area contributed by atoms with E-state index in [2.05, 4.69) is 35.4 Å². The molecule has 0 spiro atoms. The quantitative estimate of drug-likeness (QED) is 0.567. The van der Waals surface area contributed by atoms with E-state index in [1.54, 1.807) is 6.33 Å². The number of nitrogens with zero attached hydrogens (tertiary/aromatic N) is 3. The van der Waals surface area contributed by atoms with Crippen LogP contribution in [-0.2, 0) is 11.2 Å². The van der Waals surface area contributed by atoms with Crippen LogP contribution in [0.5, 0.6) is 5.75 Å². The summed E-state index contributed by atoms with van der Waals surface area (Å²) in [6.45, 7) is 4.21. The van der Waals surface area contributed by atoms with Crippen LogP contribution in [0.1, 0.15) is 31.9 Å². The number of rotatable bonds is 4. The molecule has 0 radical (unpaired) electrons. The smallest absolute Gasteiger partial charge is 0.311 e. The first-order chi connectivity index (χ1) is 12.6. The predicted octanol–water partition coefficient (Wildman–Crippen LogP) is 4.12. The molecule has 4 rings (SSSR count). The van der Waals surface area contributed by atoms with Gasteiger partial charge in [0.2, 0.25) is 0 Å². The second kappa shape index (κ2) is 6.63. The Labute approximate surface area is 151 Å². The number of hydrogen-bond donors (Lipinski definition) is 1. The lowest BCUT2D eigenvalue weighted by molar-refractivity contribution is -0.135. The van der Waals surface area contributed by atoms with Gasteiger partial charge in [-0.2, -0.15) is 0 Å². The van der Waals surface area contributed by atoms with Gasteiger partial charge in [-0.15, -0.1) is 10.2 Å². The van der Waals surface area contributed by atoms with Crippen molar-refractivity contribution in [1.29, 1.82) is 0 Å². The summed E-state index contributed by atoms with van der Waals surface area (Å²) in [6, 6.07) is 14.1. The summed E-state index contributed by atoms with van der Waals surface area (Å²) in [5, 5.41) is 11.8. The average Bonchev–Trinajstić information content (AvgIpc) is 3.12. The number of hydrogen-bond acceptors (Lipinski definition) is 5. The van der Waals surface area contributed by atoms with E-state index in [0.29, 0.717) is 18.6 Å². The summed E-state index contributed by atoms with van der Waals surface area (Å²) in [4.78, 5) is 11.5. The molecule has 2 heterocycles. The number of carbonyl (C=O) groups is 1. The number of ether oxygens (including phenoxy) is 1. The van der Waals surface area contributed by atoms with Crippen molar-refractivity contribution >= 4 is 17.3 Å². The van der Waals surface area contributed by atoms with Gasteiger partial charge in [0.15, 0.2) is 5.82 Å². The molecule has 3 aromatic rings. The highest BCUT2D eigenvalue weighted by molar-refractivity contribution is 5.79. The van der Waals surface area contributed by atoms with Crippen LogP contribution in [0.2, 0.25) is 0 Å². The maximum Gasteiger partial charge on any atom is 0.311 e. The van der Waals surface area contributed by atoms with Gasteiger partial charge in [0.1, 0.15) is 12.1 Å². The van der Waals surface area contributed by atoms with Crippen LogP contribution in [0.15, 0.2) is 48.8 Å². The molecule has 1 aliphatic heterocycles. The van der Waals surface area contributed by atoms with E-state index < -0.39 is 0 Å². The second-order valence-corrected chi connectivity index (χ2v) is 6.62. The Bertz CT molecular complexity index is 962. The van der Waals surface area contributed by atoms with Gasteiger partial charge >= 0.3 is 5.97 Å². The van der Waals surface area contributed by atoms with E-state index in [4.69, 9.17) is 4.74 Å². The number of fused-ring (bicyclic) bond motifs is 1. The van der Waals surface area contributed by atoms with Crippen LogP contribution in [-0.4, -0.2) is 20.7 Å². The Morgan fingerprint density at radius 1 is 1.15 bits per heavy atom. The monoisotopic (exact) mass is 348 g/mol. The zero-order valence-corrected chi connectivity index (χ0v) is 14.8. The van der Waals surface area contributed by atoms with Gasteiger partial charge in [0.25, 0.3) is 0 Å². The molecule has 0 saturated heterocycles. The Kier molecular flexibility index (Phi) is 4.16. The average molecular weight is 348 g/mol.